The van der Waals surface area contributed by atoms with Crippen LogP contribution in [0.4, 0.5) is 0 Å². The first-order valence-electron chi connectivity index (χ1n) is 5.07. The minimum absolute atomic E-state index is 0.136. The SMILES string of the molecule is CCC(C)(CN)c1nnc2ncccn12. The molecule has 80 valence electrons. The van der Waals surface area contributed by atoms with Crippen molar-refractivity contribution in [1.82, 2.24) is 19.6 Å². The lowest BCUT2D eigenvalue weighted by Gasteiger charge is -2.23. The highest BCUT2D eigenvalue weighted by atomic mass is 15.3. The highest BCUT2D eigenvalue weighted by Gasteiger charge is 2.28. The number of aromatic nitrogens is 4. The zero-order chi connectivity index (χ0) is 10.9. The van der Waals surface area contributed by atoms with E-state index in [1.807, 2.05) is 16.7 Å². The minimum atomic E-state index is -0.136. The lowest BCUT2D eigenvalue weighted by atomic mass is 9.87. The van der Waals surface area contributed by atoms with Gasteiger partial charge in [0.25, 0.3) is 5.78 Å². The van der Waals surface area contributed by atoms with E-state index in [1.54, 1.807) is 6.20 Å². The Labute approximate surface area is 88.3 Å². The Hall–Kier alpha value is -1.49. The van der Waals surface area contributed by atoms with Crippen LogP contribution in [0.25, 0.3) is 5.78 Å². The lowest BCUT2D eigenvalue weighted by molar-refractivity contribution is 0.434. The second kappa shape index (κ2) is 3.58. The average Bonchev–Trinajstić information content (AvgIpc) is 2.72. The first kappa shape index (κ1) is 10.0. The molecule has 2 heterocycles. The normalized spacial score (nSPS) is 15.4. The molecule has 0 aliphatic heterocycles. The van der Waals surface area contributed by atoms with Gasteiger partial charge >= 0.3 is 0 Å². The van der Waals surface area contributed by atoms with E-state index in [0.29, 0.717) is 12.3 Å². The van der Waals surface area contributed by atoms with E-state index in [1.165, 1.54) is 0 Å². The van der Waals surface area contributed by atoms with Crippen molar-refractivity contribution >= 4 is 5.78 Å². The van der Waals surface area contributed by atoms with Gasteiger partial charge in [0.1, 0.15) is 5.82 Å². The highest BCUT2D eigenvalue weighted by molar-refractivity contribution is 5.29. The molecule has 0 spiro atoms. The third-order valence-corrected chi connectivity index (χ3v) is 2.96. The molecule has 1 atom stereocenters. The number of nitrogens with zero attached hydrogens (tertiary/aromatic N) is 4. The van der Waals surface area contributed by atoms with E-state index in [2.05, 4.69) is 29.0 Å². The van der Waals surface area contributed by atoms with Gasteiger partial charge in [0, 0.05) is 24.4 Å². The third-order valence-electron chi connectivity index (χ3n) is 2.96. The summed E-state index contributed by atoms with van der Waals surface area (Å²) in [7, 11) is 0. The predicted octanol–water partition coefficient (Wildman–Crippen LogP) is 0.751. The summed E-state index contributed by atoms with van der Waals surface area (Å²) in [5, 5.41) is 8.21. The fourth-order valence-electron chi connectivity index (χ4n) is 1.55. The maximum Gasteiger partial charge on any atom is 0.254 e. The number of hydrogen-bond donors (Lipinski definition) is 1. The zero-order valence-electron chi connectivity index (χ0n) is 9.01. The van der Waals surface area contributed by atoms with Crippen LogP contribution in [0, 0.1) is 0 Å². The third kappa shape index (κ3) is 1.48. The summed E-state index contributed by atoms with van der Waals surface area (Å²) >= 11 is 0. The standard InChI is InChI=1S/C10H15N5/c1-3-10(2,7-11)8-13-14-9-12-5-4-6-15(8)9/h4-6H,3,7,11H2,1-2H3. The molecule has 2 aromatic rings. The van der Waals surface area contributed by atoms with Crippen LogP contribution in [0.15, 0.2) is 18.5 Å². The van der Waals surface area contributed by atoms with Crippen LogP contribution in [0.3, 0.4) is 0 Å². The van der Waals surface area contributed by atoms with Crippen molar-refractivity contribution in [2.24, 2.45) is 5.73 Å². The maximum absolute atomic E-state index is 5.80. The molecule has 0 bridgehead atoms. The molecule has 2 N–H and O–H groups in total. The second-order valence-corrected chi connectivity index (χ2v) is 3.93. The fourth-order valence-corrected chi connectivity index (χ4v) is 1.55. The number of hydrogen-bond acceptors (Lipinski definition) is 4. The van der Waals surface area contributed by atoms with Crippen LogP contribution in [-0.4, -0.2) is 26.1 Å². The smallest absolute Gasteiger partial charge is 0.254 e. The van der Waals surface area contributed by atoms with Gasteiger partial charge < -0.3 is 5.73 Å². The number of fused-ring (bicyclic) bond motifs is 1. The molecule has 0 aromatic carbocycles. The summed E-state index contributed by atoms with van der Waals surface area (Å²) in [4.78, 5) is 4.13. The Morgan fingerprint density at radius 1 is 1.47 bits per heavy atom. The van der Waals surface area contributed by atoms with Gasteiger partial charge in [0.05, 0.1) is 0 Å². The summed E-state index contributed by atoms with van der Waals surface area (Å²) < 4.78 is 1.90. The molecule has 2 rings (SSSR count). The molecule has 0 aliphatic rings. The van der Waals surface area contributed by atoms with Gasteiger partial charge in [-0.15, -0.1) is 10.2 Å². The molecule has 2 aromatic heterocycles. The fraction of sp³-hybridized carbons (Fsp3) is 0.500. The van der Waals surface area contributed by atoms with E-state index in [-0.39, 0.29) is 5.41 Å². The Balaban J connectivity index is 2.61. The molecular weight excluding hydrogens is 190 g/mol. The van der Waals surface area contributed by atoms with Crippen molar-refractivity contribution in [3.63, 3.8) is 0 Å². The van der Waals surface area contributed by atoms with Crippen LogP contribution in [0.5, 0.6) is 0 Å². The predicted molar refractivity (Wildman–Crippen MR) is 57.5 cm³/mol. The number of rotatable bonds is 3. The van der Waals surface area contributed by atoms with Gasteiger partial charge in [-0.25, -0.2) is 4.98 Å². The van der Waals surface area contributed by atoms with Gasteiger partial charge in [0.15, 0.2) is 0 Å². The summed E-state index contributed by atoms with van der Waals surface area (Å²) in [6.45, 7) is 4.75. The molecule has 1 unspecified atom stereocenters. The number of nitrogens with two attached hydrogens (primary N) is 1. The van der Waals surface area contributed by atoms with Gasteiger partial charge in [-0.1, -0.05) is 13.8 Å². The maximum atomic E-state index is 5.80. The Morgan fingerprint density at radius 3 is 2.93 bits per heavy atom. The van der Waals surface area contributed by atoms with E-state index in [4.69, 9.17) is 5.73 Å². The first-order chi connectivity index (χ1) is 7.21. The van der Waals surface area contributed by atoms with Crippen molar-refractivity contribution in [1.29, 1.82) is 0 Å². The molecule has 0 amide bonds. The van der Waals surface area contributed by atoms with Gasteiger partial charge in [-0.05, 0) is 12.5 Å². The quantitative estimate of drug-likeness (QED) is 0.802. The minimum Gasteiger partial charge on any atom is -0.329 e. The van der Waals surface area contributed by atoms with Crippen LogP contribution in [0.2, 0.25) is 0 Å². The van der Waals surface area contributed by atoms with Crippen molar-refractivity contribution in [3.05, 3.63) is 24.3 Å². The van der Waals surface area contributed by atoms with Crippen LogP contribution in [0.1, 0.15) is 26.1 Å². The summed E-state index contributed by atoms with van der Waals surface area (Å²) in [5.41, 5.74) is 5.66. The average molecular weight is 205 g/mol. The summed E-state index contributed by atoms with van der Waals surface area (Å²) in [6.07, 6.45) is 4.56. The van der Waals surface area contributed by atoms with Gasteiger partial charge in [-0.3, -0.25) is 4.40 Å². The molecular formula is C10H15N5. The van der Waals surface area contributed by atoms with Crippen LogP contribution >= 0.6 is 0 Å². The van der Waals surface area contributed by atoms with Crippen molar-refractivity contribution < 1.29 is 0 Å². The first-order valence-corrected chi connectivity index (χ1v) is 5.07. The summed E-state index contributed by atoms with van der Waals surface area (Å²) in [5.74, 6) is 1.51. The van der Waals surface area contributed by atoms with E-state index < -0.39 is 0 Å². The zero-order valence-corrected chi connectivity index (χ0v) is 9.01. The highest BCUT2D eigenvalue weighted by Crippen LogP contribution is 2.24. The largest absolute Gasteiger partial charge is 0.329 e. The molecule has 5 heteroatoms. The van der Waals surface area contributed by atoms with Crippen LogP contribution < -0.4 is 5.73 Å². The molecule has 0 radical (unpaired) electrons. The second-order valence-electron chi connectivity index (χ2n) is 3.93. The Kier molecular flexibility index (Phi) is 2.40. The van der Waals surface area contributed by atoms with Crippen LogP contribution in [-0.2, 0) is 5.41 Å². The topological polar surface area (TPSA) is 69.1 Å². The van der Waals surface area contributed by atoms with Crippen molar-refractivity contribution in [3.8, 4) is 0 Å². The molecule has 0 fully saturated rings. The van der Waals surface area contributed by atoms with E-state index in [9.17, 15) is 0 Å². The molecule has 0 saturated heterocycles. The molecule has 0 aliphatic carbocycles. The lowest BCUT2D eigenvalue weighted by Crippen LogP contribution is -2.33. The van der Waals surface area contributed by atoms with E-state index in [0.717, 1.165) is 12.2 Å². The molecule has 15 heavy (non-hydrogen) atoms. The monoisotopic (exact) mass is 205 g/mol. The van der Waals surface area contributed by atoms with E-state index >= 15 is 0 Å². The van der Waals surface area contributed by atoms with Crippen molar-refractivity contribution in [2.45, 2.75) is 25.7 Å². The van der Waals surface area contributed by atoms with Gasteiger partial charge in [-0.2, -0.15) is 0 Å². The van der Waals surface area contributed by atoms with Gasteiger partial charge in [0.2, 0.25) is 0 Å². The Bertz CT molecular complexity index is 458. The molecule has 0 saturated carbocycles. The molecule has 5 nitrogen and oxygen atoms in total. The Morgan fingerprint density at radius 2 is 2.27 bits per heavy atom. The van der Waals surface area contributed by atoms with Crippen molar-refractivity contribution in [2.75, 3.05) is 6.54 Å². The summed E-state index contributed by atoms with van der Waals surface area (Å²) in [6, 6.07) is 1.87.